The summed E-state index contributed by atoms with van der Waals surface area (Å²) >= 11 is 1.58. The summed E-state index contributed by atoms with van der Waals surface area (Å²) in [6.07, 6.45) is 0. The molecule has 24 heavy (non-hydrogen) atoms. The molecule has 2 N–H and O–H groups in total. The van der Waals surface area contributed by atoms with Crippen LogP contribution < -0.4 is 5.32 Å². The van der Waals surface area contributed by atoms with Crippen LogP contribution in [0.5, 0.6) is 0 Å². The maximum absolute atomic E-state index is 12.1. The van der Waals surface area contributed by atoms with Crippen molar-refractivity contribution in [2.75, 3.05) is 38.6 Å². The smallest absolute Gasteiger partial charge is 0.230 e. The van der Waals surface area contributed by atoms with Gasteiger partial charge in [-0.1, -0.05) is 12.1 Å². The molecule has 7 heteroatoms. The zero-order chi connectivity index (χ0) is 16.8. The number of nitrogens with zero attached hydrogens (tertiary/aromatic N) is 2. The van der Waals surface area contributed by atoms with Gasteiger partial charge in [0.15, 0.2) is 0 Å². The summed E-state index contributed by atoms with van der Waals surface area (Å²) in [7, 11) is 0. The van der Waals surface area contributed by atoms with E-state index in [1.807, 2.05) is 24.3 Å². The van der Waals surface area contributed by atoms with Crippen molar-refractivity contribution in [3.05, 3.63) is 30.1 Å². The van der Waals surface area contributed by atoms with E-state index in [1.165, 1.54) is 0 Å². The number of para-hydroxylation sites is 2. The van der Waals surface area contributed by atoms with Crippen LogP contribution in [0.15, 0.2) is 24.3 Å². The van der Waals surface area contributed by atoms with Gasteiger partial charge in [0, 0.05) is 25.7 Å². The fourth-order valence-electron chi connectivity index (χ4n) is 2.85. The molecule has 1 amide bonds. The molecule has 1 atom stereocenters. The molecule has 1 fully saturated rings. The van der Waals surface area contributed by atoms with E-state index >= 15 is 0 Å². The number of imidazole rings is 1. The van der Waals surface area contributed by atoms with E-state index in [1.54, 1.807) is 11.8 Å². The summed E-state index contributed by atoms with van der Waals surface area (Å²) in [6, 6.07) is 8.11. The van der Waals surface area contributed by atoms with Gasteiger partial charge in [-0.15, -0.1) is 11.8 Å². The maximum Gasteiger partial charge on any atom is 0.230 e. The second-order valence-corrected chi connectivity index (χ2v) is 7.06. The Kier molecular flexibility index (Phi) is 6.12. The van der Waals surface area contributed by atoms with Crippen LogP contribution >= 0.6 is 11.8 Å². The van der Waals surface area contributed by atoms with Crippen LogP contribution in [0.4, 0.5) is 0 Å². The first kappa shape index (κ1) is 17.3. The van der Waals surface area contributed by atoms with E-state index in [0.717, 1.165) is 49.7 Å². The Bertz CT molecular complexity index is 636. The molecule has 1 aromatic heterocycles. The lowest BCUT2D eigenvalue weighted by Gasteiger charge is -2.29. The minimum Gasteiger partial charge on any atom is -0.379 e. The Balaban J connectivity index is 1.37. The predicted octanol–water partition coefficient (Wildman–Crippen LogP) is 1.63. The van der Waals surface area contributed by atoms with Crippen LogP contribution in [0.3, 0.4) is 0 Å². The third-order valence-electron chi connectivity index (χ3n) is 3.95. The van der Waals surface area contributed by atoms with Gasteiger partial charge >= 0.3 is 0 Å². The Morgan fingerprint density at radius 3 is 3.00 bits per heavy atom. The monoisotopic (exact) mass is 348 g/mol. The molecule has 0 aliphatic carbocycles. The number of hydrogen-bond acceptors (Lipinski definition) is 5. The van der Waals surface area contributed by atoms with Crippen LogP contribution in [0, 0.1) is 0 Å². The Labute approximate surface area is 146 Å². The van der Waals surface area contributed by atoms with Crippen LogP contribution in [0.1, 0.15) is 12.7 Å². The lowest BCUT2D eigenvalue weighted by molar-refractivity contribution is -0.119. The quantitative estimate of drug-likeness (QED) is 0.796. The summed E-state index contributed by atoms with van der Waals surface area (Å²) in [5.74, 6) is 2.15. The Morgan fingerprint density at radius 1 is 1.42 bits per heavy atom. The lowest BCUT2D eigenvalue weighted by atomic mass is 10.3. The van der Waals surface area contributed by atoms with Crippen molar-refractivity contribution in [2.45, 2.75) is 18.7 Å². The van der Waals surface area contributed by atoms with Gasteiger partial charge < -0.3 is 15.0 Å². The number of rotatable bonds is 7. The van der Waals surface area contributed by atoms with Gasteiger partial charge in [0.1, 0.15) is 5.82 Å². The Morgan fingerprint density at radius 2 is 2.21 bits per heavy atom. The molecular weight excluding hydrogens is 324 g/mol. The number of aromatic amines is 1. The number of ether oxygens (including phenoxy) is 1. The number of nitrogens with one attached hydrogen (secondary N) is 2. The van der Waals surface area contributed by atoms with Crippen LogP contribution in [0.25, 0.3) is 11.0 Å². The highest BCUT2D eigenvalue weighted by Crippen LogP contribution is 2.14. The van der Waals surface area contributed by atoms with E-state index in [9.17, 15) is 4.79 Å². The summed E-state index contributed by atoms with van der Waals surface area (Å²) in [6.45, 7) is 6.39. The highest BCUT2D eigenvalue weighted by atomic mass is 32.2. The Hall–Kier alpha value is -1.57. The largest absolute Gasteiger partial charge is 0.379 e. The second-order valence-electron chi connectivity index (χ2n) is 6.07. The zero-order valence-corrected chi connectivity index (χ0v) is 14.8. The summed E-state index contributed by atoms with van der Waals surface area (Å²) in [4.78, 5) is 22.2. The first-order valence-corrected chi connectivity index (χ1v) is 9.47. The van der Waals surface area contributed by atoms with E-state index in [-0.39, 0.29) is 11.9 Å². The molecule has 1 aliphatic rings. The number of carbonyl (C=O) groups is 1. The van der Waals surface area contributed by atoms with Crippen LogP contribution in [-0.2, 0) is 15.3 Å². The summed E-state index contributed by atoms with van der Waals surface area (Å²) in [5.41, 5.74) is 2.01. The summed E-state index contributed by atoms with van der Waals surface area (Å²) in [5, 5.41) is 3.07. The molecule has 6 nitrogen and oxygen atoms in total. The van der Waals surface area contributed by atoms with Crippen molar-refractivity contribution < 1.29 is 9.53 Å². The van der Waals surface area contributed by atoms with E-state index in [0.29, 0.717) is 11.5 Å². The molecule has 3 rings (SSSR count). The molecule has 1 aromatic carbocycles. The van der Waals surface area contributed by atoms with Crippen LogP contribution in [0.2, 0.25) is 0 Å². The van der Waals surface area contributed by atoms with Gasteiger partial charge in [0.05, 0.1) is 35.8 Å². The van der Waals surface area contributed by atoms with E-state index in [2.05, 4.69) is 27.1 Å². The maximum atomic E-state index is 12.1. The number of benzene rings is 1. The number of aromatic nitrogens is 2. The van der Waals surface area contributed by atoms with Crippen molar-refractivity contribution >= 4 is 28.7 Å². The van der Waals surface area contributed by atoms with Crippen molar-refractivity contribution in [3.63, 3.8) is 0 Å². The number of H-pyrrole nitrogens is 1. The number of hydrogen-bond donors (Lipinski definition) is 2. The third kappa shape index (κ3) is 4.96. The molecule has 2 heterocycles. The van der Waals surface area contributed by atoms with Crippen molar-refractivity contribution in [2.24, 2.45) is 0 Å². The average molecular weight is 348 g/mol. The van der Waals surface area contributed by atoms with E-state index in [4.69, 9.17) is 4.74 Å². The number of fused-ring (bicyclic) bond motifs is 1. The fraction of sp³-hybridized carbons (Fsp3) is 0.529. The summed E-state index contributed by atoms with van der Waals surface area (Å²) < 4.78 is 5.34. The third-order valence-corrected chi connectivity index (χ3v) is 4.90. The number of thioether (sulfide) groups is 1. The van der Waals surface area contributed by atoms with E-state index < -0.39 is 0 Å². The SMILES string of the molecule is C[C@@H](CN1CCOCC1)NC(=O)CSCc1nc2ccccc2[nH]1. The second kappa shape index (κ2) is 8.50. The molecule has 1 saturated heterocycles. The molecule has 1 aliphatic heterocycles. The molecule has 0 spiro atoms. The number of amides is 1. The minimum atomic E-state index is 0.0804. The fourth-order valence-corrected chi connectivity index (χ4v) is 3.55. The van der Waals surface area contributed by atoms with Gasteiger partial charge in [0.25, 0.3) is 0 Å². The molecule has 2 aromatic rings. The van der Waals surface area contributed by atoms with Gasteiger partial charge in [-0.25, -0.2) is 4.98 Å². The zero-order valence-electron chi connectivity index (χ0n) is 14.0. The average Bonchev–Trinajstić information content (AvgIpc) is 2.98. The molecule has 0 unspecified atom stereocenters. The molecular formula is C17H24N4O2S. The predicted molar refractivity (Wildman–Crippen MR) is 97.1 cm³/mol. The lowest BCUT2D eigenvalue weighted by Crippen LogP contribution is -2.46. The van der Waals surface area contributed by atoms with Crippen molar-refractivity contribution in [1.82, 2.24) is 20.2 Å². The van der Waals surface area contributed by atoms with Crippen molar-refractivity contribution in [3.8, 4) is 0 Å². The molecule has 130 valence electrons. The highest BCUT2D eigenvalue weighted by molar-refractivity contribution is 7.99. The topological polar surface area (TPSA) is 70.2 Å². The first-order valence-electron chi connectivity index (χ1n) is 8.31. The van der Waals surface area contributed by atoms with Gasteiger partial charge in [-0.3, -0.25) is 9.69 Å². The molecule has 0 bridgehead atoms. The normalized spacial score (nSPS) is 17.0. The minimum absolute atomic E-state index is 0.0804. The first-order chi connectivity index (χ1) is 11.7. The highest BCUT2D eigenvalue weighted by Gasteiger charge is 2.15. The van der Waals surface area contributed by atoms with Gasteiger partial charge in [-0.2, -0.15) is 0 Å². The van der Waals surface area contributed by atoms with Gasteiger partial charge in [-0.05, 0) is 19.1 Å². The molecule has 0 radical (unpaired) electrons. The van der Waals surface area contributed by atoms with Crippen LogP contribution in [-0.4, -0.2) is 65.4 Å². The number of morpholine rings is 1. The molecule has 0 saturated carbocycles. The number of carbonyl (C=O) groups excluding carboxylic acids is 1. The van der Waals surface area contributed by atoms with Gasteiger partial charge in [0.2, 0.25) is 5.91 Å². The van der Waals surface area contributed by atoms with Crippen molar-refractivity contribution in [1.29, 1.82) is 0 Å². The standard InChI is InChI=1S/C17H24N4O2S/c1-13(10-21-6-8-23-9-7-21)18-17(22)12-24-11-16-19-14-4-2-3-5-15(14)20-16/h2-5,13H,6-12H2,1H3,(H,18,22)(H,19,20)/t13-/m0/s1.